The highest BCUT2D eigenvalue weighted by atomic mass is 32.1. The van der Waals surface area contributed by atoms with Gasteiger partial charge in [-0.3, -0.25) is 0 Å². The summed E-state index contributed by atoms with van der Waals surface area (Å²) in [7, 11) is 1.42. The van der Waals surface area contributed by atoms with Gasteiger partial charge in [-0.2, -0.15) is 0 Å². The van der Waals surface area contributed by atoms with E-state index >= 15 is 0 Å². The van der Waals surface area contributed by atoms with Crippen LogP contribution in [0, 0.1) is 12.7 Å². The van der Waals surface area contributed by atoms with Crippen molar-refractivity contribution in [1.82, 2.24) is 10.3 Å². The molecular formula is C14H16FN3O2S. The van der Waals surface area contributed by atoms with Crippen LogP contribution >= 0.6 is 11.3 Å². The van der Waals surface area contributed by atoms with E-state index in [4.69, 9.17) is 4.74 Å². The number of hydrogen-bond acceptors (Lipinski definition) is 4. The molecule has 0 aliphatic heterocycles. The third-order valence-corrected chi connectivity index (χ3v) is 3.91. The first kappa shape index (κ1) is 15.2. The topological polar surface area (TPSA) is 63.2 Å². The standard InChI is InChI=1S/C14H16FN3O2S/c1-8-7-21-13(16-8)9(2)17-14(19)18-11-5-4-10(15)6-12(11)20-3/h4-7,9H,1-3H3,(H2,17,18,19)/t9-/m0/s1. The molecule has 1 aromatic carbocycles. The summed E-state index contributed by atoms with van der Waals surface area (Å²) in [4.78, 5) is 16.3. The zero-order valence-corrected chi connectivity index (χ0v) is 12.8. The molecule has 2 aromatic rings. The fraction of sp³-hybridized carbons (Fsp3) is 0.286. The molecule has 0 saturated carbocycles. The minimum absolute atomic E-state index is 0.213. The largest absolute Gasteiger partial charge is 0.494 e. The van der Waals surface area contributed by atoms with Gasteiger partial charge in [0.15, 0.2) is 0 Å². The highest BCUT2D eigenvalue weighted by molar-refractivity contribution is 7.09. The fourth-order valence-electron chi connectivity index (χ4n) is 1.76. The van der Waals surface area contributed by atoms with E-state index in [9.17, 15) is 9.18 Å². The van der Waals surface area contributed by atoms with Crippen LogP contribution in [0.3, 0.4) is 0 Å². The van der Waals surface area contributed by atoms with Gasteiger partial charge in [-0.1, -0.05) is 0 Å². The number of methoxy groups -OCH3 is 1. The Labute approximate surface area is 126 Å². The lowest BCUT2D eigenvalue weighted by Gasteiger charge is -2.14. The number of aromatic nitrogens is 1. The molecule has 2 N–H and O–H groups in total. The first-order valence-corrected chi connectivity index (χ1v) is 7.20. The summed E-state index contributed by atoms with van der Waals surface area (Å²) in [5.41, 5.74) is 1.32. The molecule has 0 unspecified atom stereocenters. The Hall–Kier alpha value is -2.15. The molecule has 0 fully saturated rings. The van der Waals surface area contributed by atoms with Crippen molar-refractivity contribution in [1.29, 1.82) is 0 Å². The number of benzene rings is 1. The number of ether oxygens (including phenoxy) is 1. The van der Waals surface area contributed by atoms with E-state index in [2.05, 4.69) is 15.6 Å². The van der Waals surface area contributed by atoms with E-state index in [1.54, 1.807) is 0 Å². The van der Waals surface area contributed by atoms with Gasteiger partial charge < -0.3 is 15.4 Å². The lowest BCUT2D eigenvalue weighted by molar-refractivity contribution is 0.249. The Bertz CT molecular complexity index is 645. The Kier molecular flexibility index (Phi) is 4.74. The van der Waals surface area contributed by atoms with Gasteiger partial charge in [-0.15, -0.1) is 11.3 Å². The van der Waals surface area contributed by atoms with Gasteiger partial charge >= 0.3 is 6.03 Å². The predicted molar refractivity (Wildman–Crippen MR) is 80.4 cm³/mol. The van der Waals surface area contributed by atoms with Gasteiger partial charge in [-0.05, 0) is 26.0 Å². The molecule has 0 saturated heterocycles. The van der Waals surface area contributed by atoms with E-state index in [-0.39, 0.29) is 11.8 Å². The monoisotopic (exact) mass is 309 g/mol. The number of rotatable bonds is 4. The normalized spacial score (nSPS) is 11.8. The first-order valence-electron chi connectivity index (χ1n) is 6.32. The van der Waals surface area contributed by atoms with Crippen LogP contribution in [0.5, 0.6) is 5.75 Å². The molecule has 1 heterocycles. The first-order chi connectivity index (χ1) is 9.99. The summed E-state index contributed by atoms with van der Waals surface area (Å²) in [6.07, 6.45) is 0. The number of nitrogens with one attached hydrogen (secondary N) is 2. The Morgan fingerprint density at radius 3 is 2.86 bits per heavy atom. The van der Waals surface area contributed by atoms with Gasteiger partial charge in [0.1, 0.15) is 16.6 Å². The summed E-state index contributed by atoms with van der Waals surface area (Å²) in [6, 6.07) is 3.30. The van der Waals surface area contributed by atoms with E-state index in [1.165, 1.54) is 36.6 Å². The maximum atomic E-state index is 13.1. The van der Waals surface area contributed by atoms with Crippen molar-refractivity contribution in [3.63, 3.8) is 0 Å². The van der Waals surface area contributed by atoms with Crippen LogP contribution < -0.4 is 15.4 Å². The number of urea groups is 1. The molecule has 2 rings (SSSR count). The van der Waals surface area contributed by atoms with Crippen molar-refractivity contribution in [2.45, 2.75) is 19.9 Å². The number of carbonyl (C=O) groups excluding carboxylic acids is 1. The molecule has 0 bridgehead atoms. The smallest absolute Gasteiger partial charge is 0.319 e. The quantitative estimate of drug-likeness (QED) is 0.909. The second-order valence-corrected chi connectivity index (χ2v) is 5.38. The van der Waals surface area contributed by atoms with Crippen LogP contribution in [-0.2, 0) is 0 Å². The van der Waals surface area contributed by atoms with E-state index in [0.717, 1.165) is 10.7 Å². The molecule has 112 valence electrons. The van der Waals surface area contributed by atoms with E-state index in [1.807, 2.05) is 19.2 Å². The minimum Gasteiger partial charge on any atom is -0.494 e. The second kappa shape index (κ2) is 6.53. The van der Waals surface area contributed by atoms with Crippen molar-refractivity contribution >= 4 is 23.1 Å². The van der Waals surface area contributed by atoms with Crippen molar-refractivity contribution in [3.8, 4) is 5.75 Å². The molecule has 0 aliphatic carbocycles. The number of thiazole rings is 1. The number of halogens is 1. The van der Waals surface area contributed by atoms with Gasteiger partial charge in [0.05, 0.1) is 18.8 Å². The molecule has 5 nitrogen and oxygen atoms in total. The average Bonchev–Trinajstić information content (AvgIpc) is 2.87. The molecule has 0 aliphatic rings. The zero-order valence-electron chi connectivity index (χ0n) is 11.9. The maximum Gasteiger partial charge on any atom is 0.319 e. The van der Waals surface area contributed by atoms with Crippen LogP contribution in [0.4, 0.5) is 14.9 Å². The van der Waals surface area contributed by atoms with Crippen LogP contribution in [0.2, 0.25) is 0 Å². The molecular weight excluding hydrogens is 293 g/mol. The van der Waals surface area contributed by atoms with Gasteiger partial charge in [0.25, 0.3) is 0 Å². The van der Waals surface area contributed by atoms with Crippen LogP contribution in [0.15, 0.2) is 23.6 Å². The van der Waals surface area contributed by atoms with Crippen molar-refractivity contribution in [3.05, 3.63) is 40.1 Å². The number of amides is 2. The third kappa shape index (κ3) is 3.91. The lowest BCUT2D eigenvalue weighted by atomic mass is 10.3. The number of anilines is 1. The number of aryl methyl sites for hydroxylation is 1. The molecule has 0 radical (unpaired) electrons. The molecule has 2 amide bonds. The highest BCUT2D eigenvalue weighted by Crippen LogP contribution is 2.25. The average molecular weight is 309 g/mol. The zero-order chi connectivity index (χ0) is 15.4. The SMILES string of the molecule is COc1cc(F)ccc1NC(=O)N[C@@H](C)c1nc(C)cs1. The summed E-state index contributed by atoms with van der Waals surface area (Å²) in [6.45, 7) is 3.75. The molecule has 7 heteroatoms. The van der Waals surface area contributed by atoms with Crippen molar-refractivity contribution < 1.29 is 13.9 Å². The van der Waals surface area contributed by atoms with Gasteiger partial charge in [-0.25, -0.2) is 14.2 Å². The minimum atomic E-state index is -0.426. The number of carbonyl (C=O) groups is 1. The Balaban J connectivity index is 2.01. The second-order valence-electron chi connectivity index (χ2n) is 4.49. The summed E-state index contributed by atoms with van der Waals surface area (Å²) >= 11 is 1.49. The lowest BCUT2D eigenvalue weighted by Crippen LogP contribution is -2.31. The molecule has 0 spiro atoms. The van der Waals surface area contributed by atoms with Gasteiger partial charge in [0.2, 0.25) is 0 Å². The Morgan fingerprint density at radius 2 is 2.24 bits per heavy atom. The van der Waals surface area contributed by atoms with Crippen LogP contribution in [-0.4, -0.2) is 18.1 Å². The predicted octanol–water partition coefficient (Wildman–Crippen LogP) is 3.48. The number of nitrogens with zero attached hydrogens (tertiary/aromatic N) is 1. The number of hydrogen-bond donors (Lipinski definition) is 2. The van der Waals surface area contributed by atoms with E-state index < -0.39 is 11.8 Å². The Morgan fingerprint density at radius 1 is 1.48 bits per heavy atom. The molecule has 1 aromatic heterocycles. The third-order valence-electron chi connectivity index (χ3n) is 2.77. The van der Waals surface area contributed by atoms with E-state index in [0.29, 0.717) is 5.69 Å². The maximum absolute atomic E-state index is 13.1. The van der Waals surface area contributed by atoms with Crippen LogP contribution in [0.25, 0.3) is 0 Å². The van der Waals surface area contributed by atoms with Crippen LogP contribution in [0.1, 0.15) is 23.7 Å². The summed E-state index contributed by atoms with van der Waals surface area (Å²) in [5, 5.41) is 8.16. The summed E-state index contributed by atoms with van der Waals surface area (Å²) in [5.74, 6) is -0.160. The fourth-order valence-corrected chi connectivity index (χ4v) is 2.56. The van der Waals surface area contributed by atoms with Crippen molar-refractivity contribution in [2.24, 2.45) is 0 Å². The van der Waals surface area contributed by atoms with Gasteiger partial charge in [0, 0.05) is 17.1 Å². The molecule has 21 heavy (non-hydrogen) atoms. The highest BCUT2D eigenvalue weighted by Gasteiger charge is 2.14. The summed E-state index contributed by atoms with van der Waals surface area (Å²) < 4.78 is 18.1. The van der Waals surface area contributed by atoms with Crippen molar-refractivity contribution in [2.75, 3.05) is 12.4 Å². The molecule has 1 atom stereocenters.